The van der Waals surface area contributed by atoms with Crippen LogP contribution in [-0.4, -0.2) is 60.0 Å². The van der Waals surface area contributed by atoms with E-state index in [0.717, 1.165) is 0 Å². The standard InChI is InChI=1S/C27H28Cl2N6O4/c1-27(34-21(36)15-32-25(37)16-6-8-17(9-7-16)26(38)39-2)10-12-35(13-11-27)20-14-31-23(24(30)33-20)18-4-3-5-19(28)22(18)29/h3-9,14H,10-13,15H2,1-2H3,(H2,30,33)(H,32,37)(H,34,36). The largest absolute Gasteiger partial charge is 0.465 e. The third-order valence-corrected chi connectivity index (χ3v) is 7.42. The van der Waals surface area contributed by atoms with E-state index in [1.165, 1.54) is 31.4 Å². The fourth-order valence-electron chi connectivity index (χ4n) is 4.31. The number of anilines is 2. The molecule has 3 aromatic rings. The zero-order valence-corrected chi connectivity index (χ0v) is 23.0. The van der Waals surface area contributed by atoms with Gasteiger partial charge < -0.3 is 26.0 Å². The van der Waals surface area contributed by atoms with E-state index in [0.29, 0.717) is 64.2 Å². The van der Waals surface area contributed by atoms with Crippen molar-refractivity contribution in [2.24, 2.45) is 0 Å². The van der Waals surface area contributed by atoms with Crippen LogP contribution < -0.4 is 21.3 Å². The third-order valence-electron chi connectivity index (χ3n) is 6.60. The number of nitrogens with one attached hydrogen (secondary N) is 2. The number of hydrogen-bond donors (Lipinski definition) is 3. The Kier molecular flexibility index (Phi) is 8.57. The summed E-state index contributed by atoms with van der Waals surface area (Å²) in [5.41, 5.74) is 7.50. The number of carbonyl (C=O) groups is 3. The molecule has 1 fully saturated rings. The quantitative estimate of drug-likeness (QED) is 0.365. The maximum absolute atomic E-state index is 12.6. The lowest BCUT2D eigenvalue weighted by atomic mass is 9.89. The second-order valence-electron chi connectivity index (χ2n) is 9.41. The number of hydrogen-bond acceptors (Lipinski definition) is 8. The summed E-state index contributed by atoms with van der Waals surface area (Å²) in [6.45, 7) is 3.05. The minimum absolute atomic E-state index is 0.174. The van der Waals surface area contributed by atoms with Gasteiger partial charge in [-0.2, -0.15) is 0 Å². The number of halogens is 2. The van der Waals surface area contributed by atoms with Crippen molar-refractivity contribution in [3.8, 4) is 11.3 Å². The number of nitrogens with two attached hydrogens (primary N) is 1. The van der Waals surface area contributed by atoms with Gasteiger partial charge in [0.25, 0.3) is 5.91 Å². The SMILES string of the molecule is COC(=O)c1ccc(C(=O)NCC(=O)NC2(C)CCN(c3cnc(-c4cccc(Cl)c4Cl)c(N)n3)CC2)cc1. The van der Waals surface area contributed by atoms with Crippen LogP contribution in [0.4, 0.5) is 11.6 Å². The van der Waals surface area contributed by atoms with Gasteiger partial charge in [0, 0.05) is 29.8 Å². The molecule has 39 heavy (non-hydrogen) atoms. The Bertz CT molecular complexity index is 1390. The van der Waals surface area contributed by atoms with Crippen molar-refractivity contribution in [1.29, 1.82) is 0 Å². The van der Waals surface area contributed by atoms with Crippen LogP contribution in [0.1, 0.15) is 40.5 Å². The van der Waals surface area contributed by atoms with Gasteiger partial charge >= 0.3 is 5.97 Å². The van der Waals surface area contributed by atoms with Crippen LogP contribution >= 0.6 is 23.2 Å². The third kappa shape index (κ3) is 6.58. The number of piperidine rings is 1. The zero-order valence-electron chi connectivity index (χ0n) is 21.5. The first kappa shape index (κ1) is 28.1. The molecule has 0 spiro atoms. The van der Waals surface area contributed by atoms with Crippen molar-refractivity contribution < 1.29 is 19.1 Å². The van der Waals surface area contributed by atoms with E-state index in [1.807, 2.05) is 6.92 Å². The smallest absolute Gasteiger partial charge is 0.337 e. The number of benzene rings is 2. The van der Waals surface area contributed by atoms with E-state index in [1.54, 1.807) is 24.4 Å². The number of rotatable bonds is 7. The van der Waals surface area contributed by atoms with Crippen molar-refractivity contribution >= 4 is 52.6 Å². The second-order valence-corrected chi connectivity index (χ2v) is 10.2. The number of nitrogens with zero attached hydrogens (tertiary/aromatic N) is 3. The van der Waals surface area contributed by atoms with Crippen LogP contribution in [-0.2, 0) is 9.53 Å². The molecule has 0 aliphatic carbocycles. The Morgan fingerprint density at radius 2 is 1.74 bits per heavy atom. The molecule has 2 aromatic carbocycles. The highest BCUT2D eigenvalue weighted by Crippen LogP contribution is 2.35. The first-order chi connectivity index (χ1) is 18.6. The fraction of sp³-hybridized carbons (Fsp3) is 0.296. The lowest BCUT2D eigenvalue weighted by molar-refractivity contribution is -0.122. The van der Waals surface area contributed by atoms with Crippen molar-refractivity contribution in [1.82, 2.24) is 20.6 Å². The predicted octanol–water partition coefficient (Wildman–Crippen LogP) is 3.72. The molecular weight excluding hydrogens is 543 g/mol. The van der Waals surface area contributed by atoms with Gasteiger partial charge in [-0.15, -0.1) is 0 Å². The zero-order chi connectivity index (χ0) is 28.2. The summed E-state index contributed by atoms with van der Waals surface area (Å²) in [4.78, 5) is 47.6. The molecule has 0 radical (unpaired) electrons. The highest BCUT2D eigenvalue weighted by molar-refractivity contribution is 6.43. The molecule has 1 aromatic heterocycles. The molecule has 12 heteroatoms. The van der Waals surface area contributed by atoms with Crippen molar-refractivity contribution in [2.75, 3.05) is 37.4 Å². The summed E-state index contributed by atoms with van der Waals surface area (Å²) in [5, 5.41) is 6.41. The predicted molar refractivity (Wildman–Crippen MR) is 150 cm³/mol. The molecule has 1 saturated heterocycles. The number of ether oxygens (including phenoxy) is 1. The van der Waals surface area contributed by atoms with E-state index < -0.39 is 17.4 Å². The first-order valence-electron chi connectivity index (χ1n) is 12.2. The minimum Gasteiger partial charge on any atom is -0.465 e. The molecule has 2 amide bonds. The van der Waals surface area contributed by atoms with Crippen molar-refractivity contribution in [2.45, 2.75) is 25.3 Å². The van der Waals surface area contributed by atoms with E-state index >= 15 is 0 Å². The maximum atomic E-state index is 12.6. The van der Waals surface area contributed by atoms with Gasteiger partial charge in [0.2, 0.25) is 5.91 Å². The minimum atomic E-state index is -0.490. The number of nitrogen functional groups attached to an aromatic ring is 1. The molecule has 1 aliphatic heterocycles. The van der Waals surface area contributed by atoms with Crippen LogP contribution in [0.15, 0.2) is 48.7 Å². The van der Waals surface area contributed by atoms with Crippen LogP contribution in [0.3, 0.4) is 0 Å². The monoisotopic (exact) mass is 570 g/mol. The molecule has 10 nitrogen and oxygen atoms in total. The van der Waals surface area contributed by atoms with Gasteiger partial charge in [-0.25, -0.2) is 14.8 Å². The summed E-state index contributed by atoms with van der Waals surface area (Å²) in [6.07, 6.45) is 2.97. The Labute approximate surface area is 235 Å². The van der Waals surface area contributed by atoms with Crippen LogP contribution in [0, 0.1) is 0 Å². The molecule has 0 saturated carbocycles. The average Bonchev–Trinajstić information content (AvgIpc) is 2.93. The lowest BCUT2D eigenvalue weighted by Gasteiger charge is -2.40. The van der Waals surface area contributed by atoms with E-state index in [9.17, 15) is 14.4 Å². The molecule has 204 valence electrons. The molecule has 4 N–H and O–H groups in total. The van der Waals surface area contributed by atoms with E-state index in [-0.39, 0.29) is 18.3 Å². The van der Waals surface area contributed by atoms with Gasteiger partial charge in [-0.3, -0.25) is 9.59 Å². The number of methoxy groups -OCH3 is 1. The summed E-state index contributed by atoms with van der Waals surface area (Å²) in [5.74, 6) is -0.324. The molecule has 4 rings (SSSR count). The normalized spacial score (nSPS) is 14.4. The summed E-state index contributed by atoms with van der Waals surface area (Å²) in [6, 6.07) is 11.2. The summed E-state index contributed by atoms with van der Waals surface area (Å²) < 4.78 is 4.65. The summed E-state index contributed by atoms with van der Waals surface area (Å²) >= 11 is 12.4. The maximum Gasteiger partial charge on any atom is 0.337 e. The fourth-order valence-corrected chi connectivity index (χ4v) is 4.70. The highest BCUT2D eigenvalue weighted by Gasteiger charge is 2.32. The summed E-state index contributed by atoms with van der Waals surface area (Å²) in [7, 11) is 1.28. The Morgan fingerprint density at radius 3 is 2.38 bits per heavy atom. The topological polar surface area (TPSA) is 140 Å². The van der Waals surface area contributed by atoms with E-state index in [4.69, 9.17) is 28.9 Å². The van der Waals surface area contributed by atoms with Crippen molar-refractivity contribution in [3.63, 3.8) is 0 Å². The molecule has 0 unspecified atom stereocenters. The Balaban J connectivity index is 1.29. The molecule has 0 bridgehead atoms. The number of esters is 1. The van der Waals surface area contributed by atoms with Crippen LogP contribution in [0.2, 0.25) is 10.0 Å². The van der Waals surface area contributed by atoms with Gasteiger partial charge in [0.15, 0.2) is 5.82 Å². The van der Waals surface area contributed by atoms with Crippen molar-refractivity contribution in [3.05, 3.63) is 69.8 Å². The number of amides is 2. The van der Waals surface area contributed by atoms with Gasteiger partial charge in [0.1, 0.15) is 11.5 Å². The lowest BCUT2D eigenvalue weighted by Crippen LogP contribution is -2.55. The molecule has 1 aliphatic rings. The molecular formula is C27H28Cl2N6O4. The van der Waals surface area contributed by atoms with Crippen LogP contribution in [0.5, 0.6) is 0 Å². The molecule has 2 heterocycles. The van der Waals surface area contributed by atoms with E-state index in [2.05, 4.69) is 30.2 Å². The van der Waals surface area contributed by atoms with Gasteiger partial charge in [0.05, 0.1) is 35.5 Å². The van der Waals surface area contributed by atoms with Crippen LogP contribution in [0.25, 0.3) is 11.3 Å². The van der Waals surface area contributed by atoms with Gasteiger partial charge in [-0.05, 0) is 50.1 Å². The van der Waals surface area contributed by atoms with Gasteiger partial charge in [-0.1, -0.05) is 35.3 Å². The Morgan fingerprint density at radius 1 is 1.08 bits per heavy atom. The number of carbonyl (C=O) groups excluding carboxylic acids is 3. The first-order valence-corrected chi connectivity index (χ1v) is 13.0. The average molecular weight is 571 g/mol. The number of aromatic nitrogens is 2. The molecule has 0 atom stereocenters. The second kappa shape index (κ2) is 11.9. The highest BCUT2D eigenvalue weighted by atomic mass is 35.5. The Hall–Kier alpha value is -3.89.